The van der Waals surface area contributed by atoms with Crippen molar-refractivity contribution in [2.45, 2.75) is 63.7 Å². The van der Waals surface area contributed by atoms with E-state index in [-0.39, 0.29) is 36.0 Å². The molecule has 102 valence electrons. The highest BCUT2D eigenvalue weighted by Gasteiger charge is 2.46. The summed E-state index contributed by atoms with van der Waals surface area (Å²) in [6.45, 7) is 2.23. The van der Waals surface area contributed by atoms with Crippen LogP contribution in [0.5, 0.6) is 0 Å². The Labute approximate surface area is 108 Å². The average Bonchev–Trinajstić information content (AvgIpc) is 3.06. The van der Waals surface area contributed by atoms with E-state index in [9.17, 15) is 9.90 Å². The van der Waals surface area contributed by atoms with Gasteiger partial charge in [-0.1, -0.05) is 13.3 Å². The first kappa shape index (κ1) is 12.4. The van der Waals surface area contributed by atoms with Gasteiger partial charge in [0.15, 0.2) is 0 Å². The predicted molar refractivity (Wildman–Crippen MR) is 67.0 cm³/mol. The van der Waals surface area contributed by atoms with Crippen molar-refractivity contribution in [3.63, 3.8) is 0 Å². The zero-order valence-corrected chi connectivity index (χ0v) is 11.0. The maximum atomic E-state index is 12.3. The Balaban J connectivity index is 1.61. The second kappa shape index (κ2) is 4.49. The molecule has 2 saturated heterocycles. The lowest BCUT2D eigenvalue weighted by atomic mass is 9.84. The summed E-state index contributed by atoms with van der Waals surface area (Å²) in [6.07, 6.45) is 6.59. The molecule has 2 N–H and O–H groups in total. The van der Waals surface area contributed by atoms with Crippen molar-refractivity contribution in [2.75, 3.05) is 6.61 Å². The molecule has 0 aromatic heterocycles. The lowest BCUT2D eigenvalue weighted by Gasteiger charge is -2.31. The minimum atomic E-state index is -0.131. The van der Waals surface area contributed by atoms with Crippen molar-refractivity contribution in [1.82, 2.24) is 5.32 Å². The molecule has 2 aliphatic heterocycles. The maximum Gasteiger partial charge on any atom is 0.226 e. The molecule has 3 fully saturated rings. The van der Waals surface area contributed by atoms with Gasteiger partial charge in [-0.25, -0.2) is 0 Å². The summed E-state index contributed by atoms with van der Waals surface area (Å²) in [5.74, 6) is 0.195. The maximum absolute atomic E-state index is 12.3. The van der Waals surface area contributed by atoms with E-state index in [4.69, 9.17) is 4.74 Å². The summed E-state index contributed by atoms with van der Waals surface area (Å²) in [5.41, 5.74) is -0.131. The van der Waals surface area contributed by atoms with Gasteiger partial charge >= 0.3 is 0 Å². The molecule has 0 aromatic rings. The minimum absolute atomic E-state index is 0.0484. The molecular weight excluding hydrogens is 230 g/mol. The lowest BCUT2D eigenvalue weighted by molar-refractivity contribution is -0.128. The van der Waals surface area contributed by atoms with Crippen LogP contribution >= 0.6 is 0 Å². The molecule has 1 amide bonds. The highest BCUT2D eigenvalue weighted by atomic mass is 16.5. The van der Waals surface area contributed by atoms with Gasteiger partial charge in [0.05, 0.1) is 24.7 Å². The van der Waals surface area contributed by atoms with Gasteiger partial charge in [-0.2, -0.15) is 0 Å². The first-order valence-electron chi connectivity index (χ1n) is 7.19. The summed E-state index contributed by atoms with van der Waals surface area (Å²) >= 11 is 0. The Bertz CT molecular complexity index is 346. The van der Waals surface area contributed by atoms with Crippen molar-refractivity contribution in [1.29, 1.82) is 0 Å². The Kier molecular flexibility index (Phi) is 3.10. The number of aliphatic hydroxyl groups excluding tert-OH is 1. The number of ether oxygens (including phenoxy) is 1. The molecule has 1 saturated carbocycles. The van der Waals surface area contributed by atoms with Gasteiger partial charge in [-0.05, 0) is 32.1 Å². The molecule has 5 unspecified atom stereocenters. The van der Waals surface area contributed by atoms with E-state index in [0.29, 0.717) is 6.10 Å². The summed E-state index contributed by atoms with van der Waals surface area (Å²) in [7, 11) is 0. The van der Waals surface area contributed by atoms with Crippen molar-refractivity contribution in [3.8, 4) is 0 Å². The van der Waals surface area contributed by atoms with Gasteiger partial charge in [0, 0.05) is 11.5 Å². The molecule has 4 nitrogen and oxygen atoms in total. The zero-order valence-electron chi connectivity index (χ0n) is 11.0. The molecule has 0 radical (unpaired) electrons. The van der Waals surface area contributed by atoms with Crippen LogP contribution in [0.25, 0.3) is 0 Å². The number of carbonyl (C=O) groups excluding carboxylic acids is 1. The fraction of sp³-hybridized carbons (Fsp3) is 0.929. The lowest BCUT2D eigenvalue weighted by Crippen LogP contribution is -2.48. The van der Waals surface area contributed by atoms with Crippen molar-refractivity contribution >= 4 is 5.91 Å². The average molecular weight is 253 g/mol. The van der Waals surface area contributed by atoms with Gasteiger partial charge in [-0.3, -0.25) is 4.79 Å². The number of hydrogen-bond donors (Lipinski definition) is 2. The Morgan fingerprint density at radius 1 is 1.44 bits per heavy atom. The van der Waals surface area contributed by atoms with E-state index < -0.39 is 0 Å². The number of aliphatic hydroxyl groups is 1. The fourth-order valence-corrected chi connectivity index (χ4v) is 3.86. The highest BCUT2D eigenvalue weighted by Crippen LogP contribution is 2.41. The largest absolute Gasteiger partial charge is 0.396 e. The third kappa shape index (κ3) is 1.95. The number of hydrogen-bond acceptors (Lipinski definition) is 3. The van der Waals surface area contributed by atoms with Crippen LogP contribution in [-0.2, 0) is 9.53 Å². The van der Waals surface area contributed by atoms with Gasteiger partial charge < -0.3 is 15.2 Å². The fourth-order valence-electron chi connectivity index (χ4n) is 3.86. The van der Waals surface area contributed by atoms with Crippen molar-refractivity contribution < 1.29 is 14.6 Å². The van der Waals surface area contributed by atoms with E-state index in [2.05, 4.69) is 12.2 Å². The quantitative estimate of drug-likeness (QED) is 0.795. The van der Waals surface area contributed by atoms with Gasteiger partial charge in [0.2, 0.25) is 5.91 Å². The molecule has 5 atom stereocenters. The van der Waals surface area contributed by atoms with Crippen molar-refractivity contribution in [3.05, 3.63) is 0 Å². The van der Waals surface area contributed by atoms with Gasteiger partial charge in [-0.15, -0.1) is 0 Å². The normalized spacial score (nSPS) is 46.6. The zero-order chi connectivity index (χ0) is 12.8. The topological polar surface area (TPSA) is 58.6 Å². The van der Waals surface area contributed by atoms with Crippen LogP contribution in [0.2, 0.25) is 0 Å². The molecule has 2 bridgehead atoms. The van der Waals surface area contributed by atoms with Crippen LogP contribution in [0, 0.1) is 11.3 Å². The minimum Gasteiger partial charge on any atom is -0.396 e. The predicted octanol–water partition coefficient (Wildman–Crippen LogP) is 1.22. The van der Waals surface area contributed by atoms with Crippen LogP contribution in [0.15, 0.2) is 0 Å². The first-order chi connectivity index (χ1) is 8.62. The number of amides is 1. The molecule has 4 heteroatoms. The van der Waals surface area contributed by atoms with Crippen molar-refractivity contribution in [2.24, 2.45) is 11.3 Å². The number of carbonyl (C=O) groups is 1. The summed E-state index contributed by atoms with van der Waals surface area (Å²) in [5, 5.41) is 12.7. The molecule has 0 aromatic carbocycles. The summed E-state index contributed by atoms with van der Waals surface area (Å²) in [4.78, 5) is 12.3. The molecule has 0 spiro atoms. The highest BCUT2D eigenvalue weighted by molar-refractivity contribution is 5.80. The molecule has 1 aliphatic carbocycles. The van der Waals surface area contributed by atoms with Crippen LogP contribution < -0.4 is 5.32 Å². The molecule has 3 rings (SSSR count). The standard InChI is InChI=1S/C14H23NO3/c1-14(8-16)6-2-3-12(14)15-13(17)10-7-9-4-5-11(10)18-9/h9-12,16H,2-8H2,1H3,(H,15,17). The second-order valence-corrected chi connectivity index (χ2v) is 6.48. The van der Waals surface area contributed by atoms with Crippen LogP contribution in [-0.4, -0.2) is 35.9 Å². The summed E-state index contributed by atoms with van der Waals surface area (Å²) in [6, 6.07) is 0.133. The third-order valence-electron chi connectivity index (χ3n) is 5.20. The summed E-state index contributed by atoms with van der Waals surface area (Å²) < 4.78 is 5.74. The van der Waals surface area contributed by atoms with Crippen LogP contribution in [0.1, 0.15) is 45.4 Å². The Morgan fingerprint density at radius 3 is 2.89 bits per heavy atom. The molecule has 18 heavy (non-hydrogen) atoms. The van der Waals surface area contributed by atoms with E-state index >= 15 is 0 Å². The molecule has 3 aliphatic rings. The van der Waals surface area contributed by atoms with Crippen LogP contribution in [0.4, 0.5) is 0 Å². The van der Waals surface area contributed by atoms with E-state index in [1.165, 1.54) is 0 Å². The van der Waals surface area contributed by atoms with E-state index in [0.717, 1.165) is 38.5 Å². The Morgan fingerprint density at radius 2 is 2.28 bits per heavy atom. The number of rotatable bonds is 3. The second-order valence-electron chi connectivity index (χ2n) is 6.48. The number of nitrogens with one attached hydrogen (secondary N) is 1. The van der Waals surface area contributed by atoms with E-state index in [1.807, 2.05) is 0 Å². The molecule has 2 heterocycles. The Hall–Kier alpha value is -0.610. The number of fused-ring (bicyclic) bond motifs is 2. The SMILES string of the molecule is CC1(CO)CCCC1NC(=O)C1CC2CCC1O2. The van der Waals surface area contributed by atoms with E-state index in [1.54, 1.807) is 0 Å². The van der Waals surface area contributed by atoms with Gasteiger partial charge in [0.1, 0.15) is 0 Å². The van der Waals surface area contributed by atoms with Gasteiger partial charge in [0.25, 0.3) is 0 Å². The first-order valence-corrected chi connectivity index (χ1v) is 7.19. The van der Waals surface area contributed by atoms with Crippen LogP contribution in [0.3, 0.4) is 0 Å². The smallest absolute Gasteiger partial charge is 0.226 e. The monoisotopic (exact) mass is 253 g/mol. The third-order valence-corrected chi connectivity index (χ3v) is 5.20. The molecular formula is C14H23NO3.